The predicted molar refractivity (Wildman–Crippen MR) is 130 cm³/mol. The van der Waals surface area contributed by atoms with Crippen LogP contribution >= 0.6 is 0 Å². The molecule has 2 amide bonds. The molecule has 2 aromatic rings. The topological polar surface area (TPSA) is 118 Å². The molecule has 184 valence electrons. The third-order valence-corrected chi connectivity index (χ3v) is 3.94. The molecule has 0 aromatic heterocycles. The Bertz CT molecular complexity index is 987. The predicted octanol–water partition coefficient (Wildman–Crippen LogP) is 4.99. The van der Waals surface area contributed by atoms with E-state index >= 15 is 0 Å². The molecule has 0 fully saturated rings. The molecule has 2 aromatic carbocycles. The summed E-state index contributed by atoms with van der Waals surface area (Å²) in [4.78, 5) is 28.2. The van der Waals surface area contributed by atoms with Gasteiger partial charge in [0.25, 0.3) is 0 Å². The first-order valence-corrected chi connectivity index (χ1v) is 10.8. The Labute approximate surface area is 200 Å². The number of carbonyl (C=O) groups excluding carboxylic acids is 2. The van der Waals surface area contributed by atoms with E-state index in [0.29, 0.717) is 18.0 Å². The van der Waals surface area contributed by atoms with Crippen molar-refractivity contribution in [2.75, 3.05) is 5.32 Å². The molecule has 9 heteroatoms. The Kier molecular flexibility index (Phi) is 9.03. The van der Waals surface area contributed by atoms with Gasteiger partial charge < -0.3 is 24.6 Å². The number of benzene rings is 2. The summed E-state index contributed by atoms with van der Waals surface area (Å²) in [5.74, 6) is 0.559. The van der Waals surface area contributed by atoms with Crippen LogP contribution < -0.4 is 15.4 Å². The number of alkyl carbamates (subject to hydrolysis) is 1. The number of nitrogens with zero attached hydrogens (tertiary/aromatic N) is 1. The molecule has 0 aliphatic carbocycles. The van der Waals surface area contributed by atoms with Gasteiger partial charge >= 0.3 is 12.2 Å². The van der Waals surface area contributed by atoms with Crippen molar-refractivity contribution >= 4 is 23.8 Å². The summed E-state index contributed by atoms with van der Waals surface area (Å²) in [7, 11) is 0. The summed E-state index contributed by atoms with van der Waals surface area (Å²) in [6.07, 6.45) is -1.62. The molecule has 0 saturated heterocycles. The van der Waals surface area contributed by atoms with E-state index in [1.54, 1.807) is 77.9 Å². The van der Waals surface area contributed by atoms with Gasteiger partial charge in [-0.2, -0.15) is 0 Å². The van der Waals surface area contributed by atoms with E-state index in [9.17, 15) is 9.59 Å². The Morgan fingerprint density at radius 1 is 0.853 bits per heavy atom. The highest BCUT2D eigenvalue weighted by Crippen LogP contribution is 2.16. The third-order valence-electron chi connectivity index (χ3n) is 3.94. The fraction of sp³-hybridized carbons (Fsp3) is 0.400. The SMILES string of the molecule is CC(C)(C)OC(=O)N=C(NC(=O)OC(C)(C)C)Nc1ccc(COc2ccc(CO)cc2)cc1. The van der Waals surface area contributed by atoms with Crippen molar-refractivity contribution in [1.29, 1.82) is 0 Å². The average Bonchev–Trinajstić information content (AvgIpc) is 2.70. The molecule has 0 saturated carbocycles. The highest BCUT2D eigenvalue weighted by atomic mass is 16.6. The minimum absolute atomic E-state index is 0.0171. The highest BCUT2D eigenvalue weighted by Gasteiger charge is 2.20. The number of hydrogen-bond acceptors (Lipinski definition) is 6. The maximum atomic E-state index is 12.2. The number of guanidine groups is 1. The zero-order valence-electron chi connectivity index (χ0n) is 20.5. The summed E-state index contributed by atoms with van der Waals surface area (Å²) in [5.41, 5.74) is 0.835. The van der Waals surface area contributed by atoms with E-state index in [1.807, 2.05) is 12.1 Å². The van der Waals surface area contributed by atoms with Gasteiger partial charge in [-0.1, -0.05) is 24.3 Å². The van der Waals surface area contributed by atoms with Crippen LogP contribution in [0, 0.1) is 0 Å². The lowest BCUT2D eigenvalue weighted by Gasteiger charge is -2.21. The average molecular weight is 472 g/mol. The second-order valence-electron chi connectivity index (χ2n) is 9.48. The van der Waals surface area contributed by atoms with E-state index in [0.717, 1.165) is 11.1 Å². The number of aliphatic hydroxyl groups excluding tert-OH is 1. The van der Waals surface area contributed by atoms with Crippen molar-refractivity contribution < 1.29 is 28.9 Å². The van der Waals surface area contributed by atoms with Gasteiger partial charge in [0.2, 0.25) is 5.96 Å². The first-order valence-electron chi connectivity index (χ1n) is 10.8. The van der Waals surface area contributed by atoms with Crippen LogP contribution in [0.25, 0.3) is 0 Å². The molecule has 0 aliphatic heterocycles. The van der Waals surface area contributed by atoms with Crippen LogP contribution in [0.15, 0.2) is 53.5 Å². The maximum Gasteiger partial charge on any atom is 0.437 e. The monoisotopic (exact) mass is 471 g/mol. The molecule has 9 nitrogen and oxygen atoms in total. The van der Waals surface area contributed by atoms with Gasteiger partial charge in [-0.05, 0) is 76.9 Å². The van der Waals surface area contributed by atoms with Crippen LogP contribution in [-0.2, 0) is 22.7 Å². The number of anilines is 1. The van der Waals surface area contributed by atoms with E-state index in [-0.39, 0.29) is 12.6 Å². The quantitative estimate of drug-likeness (QED) is 0.415. The summed E-state index contributed by atoms with van der Waals surface area (Å²) < 4.78 is 16.2. The van der Waals surface area contributed by atoms with Crippen LogP contribution in [0.5, 0.6) is 5.75 Å². The number of ether oxygens (including phenoxy) is 3. The molecule has 0 unspecified atom stereocenters. The van der Waals surface area contributed by atoms with Crippen LogP contribution in [0.2, 0.25) is 0 Å². The molecular formula is C25H33N3O6. The molecule has 3 N–H and O–H groups in total. The number of aliphatic hydroxyl groups is 1. The lowest BCUT2D eigenvalue weighted by Crippen LogP contribution is -2.40. The minimum Gasteiger partial charge on any atom is -0.489 e. The van der Waals surface area contributed by atoms with E-state index in [2.05, 4.69) is 15.6 Å². The van der Waals surface area contributed by atoms with Crippen LogP contribution in [0.4, 0.5) is 15.3 Å². The second-order valence-corrected chi connectivity index (χ2v) is 9.48. The second kappa shape index (κ2) is 11.5. The lowest BCUT2D eigenvalue weighted by molar-refractivity contribution is 0.0562. The van der Waals surface area contributed by atoms with Crippen LogP contribution in [0.3, 0.4) is 0 Å². The van der Waals surface area contributed by atoms with Crippen molar-refractivity contribution in [1.82, 2.24) is 5.32 Å². The Morgan fingerprint density at radius 2 is 1.41 bits per heavy atom. The van der Waals surface area contributed by atoms with Crippen molar-refractivity contribution in [2.24, 2.45) is 4.99 Å². The number of hydrogen-bond donors (Lipinski definition) is 3. The highest BCUT2D eigenvalue weighted by molar-refractivity contribution is 6.06. The van der Waals surface area contributed by atoms with Crippen molar-refractivity contribution in [3.8, 4) is 5.75 Å². The molecular weight excluding hydrogens is 438 g/mol. The summed E-state index contributed by atoms with van der Waals surface area (Å²) in [6, 6.07) is 14.4. The molecule has 0 bridgehead atoms. The number of carbonyl (C=O) groups is 2. The lowest BCUT2D eigenvalue weighted by atomic mass is 10.2. The number of rotatable bonds is 5. The van der Waals surface area contributed by atoms with Crippen molar-refractivity contribution in [3.05, 3.63) is 59.7 Å². The fourth-order valence-corrected chi connectivity index (χ4v) is 2.54. The Balaban J connectivity index is 2.06. The molecule has 34 heavy (non-hydrogen) atoms. The first kappa shape index (κ1) is 26.7. The smallest absolute Gasteiger partial charge is 0.437 e. The molecule has 0 atom stereocenters. The molecule has 0 radical (unpaired) electrons. The summed E-state index contributed by atoms with van der Waals surface area (Å²) >= 11 is 0. The number of amides is 2. The van der Waals surface area contributed by atoms with Gasteiger partial charge in [-0.15, -0.1) is 4.99 Å². The molecule has 0 aliphatic rings. The van der Waals surface area contributed by atoms with E-state index in [1.165, 1.54) is 0 Å². The Hall–Kier alpha value is -3.59. The normalized spacial score (nSPS) is 12.0. The summed E-state index contributed by atoms with van der Waals surface area (Å²) in [5, 5.41) is 14.5. The van der Waals surface area contributed by atoms with Gasteiger partial charge in [0.15, 0.2) is 0 Å². The Morgan fingerprint density at radius 3 is 1.94 bits per heavy atom. The van der Waals surface area contributed by atoms with Gasteiger partial charge in [0.05, 0.1) is 6.61 Å². The van der Waals surface area contributed by atoms with Gasteiger partial charge in [0, 0.05) is 5.69 Å². The van der Waals surface area contributed by atoms with Crippen LogP contribution in [0.1, 0.15) is 52.7 Å². The molecule has 0 heterocycles. The van der Waals surface area contributed by atoms with E-state index < -0.39 is 23.4 Å². The molecule has 0 spiro atoms. The largest absolute Gasteiger partial charge is 0.489 e. The number of nitrogens with one attached hydrogen (secondary N) is 2. The summed E-state index contributed by atoms with van der Waals surface area (Å²) in [6.45, 7) is 10.7. The molecule has 2 rings (SSSR count). The van der Waals surface area contributed by atoms with Gasteiger partial charge in [-0.3, -0.25) is 5.32 Å². The van der Waals surface area contributed by atoms with Gasteiger partial charge in [-0.25, -0.2) is 9.59 Å². The van der Waals surface area contributed by atoms with Crippen molar-refractivity contribution in [2.45, 2.75) is 66.0 Å². The van der Waals surface area contributed by atoms with E-state index in [4.69, 9.17) is 19.3 Å². The zero-order chi connectivity index (χ0) is 25.4. The third kappa shape index (κ3) is 10.4. The zero-order valence-corrected chi connectivity index (χ0v) is 20.5. The van der Waals surface area contributed by atoms with Gasteiger partial charge in [0.1, 0.15) is 23.6 Å². The first-order chi connectivity index (χ1) is 15.8. The van der Waals surface area contributed by atoms with Crippen LogP contribution in [-0.4, -0.2) is 34.5 Å². The fourth-order valence-electron chi connectivity index (χ4n) is 2.54. The maximum absolute atomic E-state index is 12.2. The standard InChI is InChI=1S/C25H33N3O6/c1-24(2,3)33-22(30)27-21(28-23(31)34-25(4,5)6)26-19-11-7-18(8-12-19)16-32-20-13-9-17(15-29)10-14-20/h7-14,29H,15-16H2,1-6H3,(H2,26,27,28,30,31). The number of aliphatic imine (C=N–C) groups is 1. The minimum atomic E-state index is -0.858. The van der Waals surface area contributed by atoms with Crippen molar-refractivity contribution in [3.63, 3.8) is 0 Å².